The minimum absolute atomic E-state index is 0.0877. The molecule has 0 bridgehead atoms. The first-order chi connectivity index (χ1) is 8.63. The molecular formula is C14H14F2N2. The van der Waals surface area contributed by atoms with Crippen molar-refractivity contribution in [2.75, 3.05) is 5.32 Å². The van der Waals surface area contributed by atoms with E-state index in [1.807, 2.05) is 6.92 Å². The molecule has 0 amide bonds. The third-order valence-electron chi connectivity index (χ3n) is 2.56. The van der Waals surface area contributed by atoms with Crippen LogP contribution in [0.3, 0.4) is 0 Å². The molecule has 94 valence electrons. The molecule has 0 spiro atoms. The van der Waals surface area contributed by atoms with Crippen molar-refractivity contribution in [3.63, 3.8) is 0 Å². The van der Waals surface area contributed by atoms with Gasteiger partial charge in [0.1, 0.15) is 11.6 Å². The predicted octanol–water partition coefficient (Wildman–Crippen LogP) is 3.40. The van der Waals surface area contributed by atoms with E-state index < -0.39 is 5.95 Å². The number of hydrogen-bond donors (Lipinski definition) is 1. The number of benzene rings is 1. The Morgan fingerprint density at radius 3 is 2.50 bits per heavy atom. The normalized spacial score (nSPS) is 12.2. The number of hydrogen-bond acceptors (Lipinski definition) is 2. The summed E-state index contributed by atoms with van der Waals surface area (Å²) in [6.07, 6.45) is 0.721. The zero-order valence-electron chi connectivity index (χ0n) is 10.0. The van der Waals surface area contributed by atoms with Gasteiger partial charge in [-0.1, -0.05) is 18.2 Å². The van der Waals surface area contributed by atoms with Crippen molar-refractivity contribution in [2.24, 2.45) is 0 Å². The molecule has 1 atom stereocenters. The van der Waals surface area contributed by atoms with Crippen LogP contribution >= 0.6 is 0 Å². The highest BCUT2D eigenvalue weighted by atomic mass is 19.1. The summed E-state index contributed by atoms with van der Waals surface area (Å²) in [5, 5.41) is 3.10. The van der Waals surface area contributed by atoms with Gasteiger partial charge in [-0.2, -0.15) is 4.39 Å². The standard InChI is InChI=1S/C14H14F2N2/c1-10(9-11-5-7-12(15)8-6-11)17-14-4-2-3-13(16)18-14/h2-8,10H,9H2,1H3,(H,17,18). The SMILES string of the molecule is CC(Cc1ccc(F)cc1)Nc1cccc(F)n1. The fourth-order valence-electron chi connectivity index (χ4n) is 1.77. The first kappa shape index (κ1) is 12.5. The van der Waals surface area contributed by atoms with Crippen LogP contribution in [0, 0.1) is 11.8 Å². The molecule has 1 aromatic heterocycles. The lowest BCUT2D eigenvalue weighted by molar-refractivity contribution is 0.584. The summed E-state index contributed by atoms with van der Waals surface area (Å²) in [4.78, 5) is 3.73. The fourth-order valence-corrected chi connectivity index (χ4v) is 1.77. The van der Waals surface area contributed by atoms with Crippen LogP contribution in [0.5, 0.6) is 0 Å². The van der Waals surface area contributed by atoms with E-state index in [4.69, 9.17) is 0 Å². The highest BCUT2D eigenvalue weighted by Crippen LogP contribution is 2.10. The lowest BCUT2D eigenvalue weighted by Gasteiger charge is -2.14. The van der Waals surface area contributed by atoms with Gasteiger partial charge in [-0.15, -0.1) is 0 Å². The third kappa shape index (κ3) is 3.52. The molecule has 1 heterocycles. The maximum Gasteiger partial charge on any atom is 0.214 e. The second kappa shape index (κ2) is 5.58. The molecule has 0 saturated heterocycles. The maximum atomic E-state index is 12.9. The van der Waals surface area contributed by atoms with Crippen molar-refractivity contribution in [1.29, 1.82) is 0 Å². The Hall–Kier alpha value is -1.97. The molecule has 0 aliphatic carbocycles. The molecule has 4 heteroatoms. The molecule has 0 radical (unpaired) electrons. The Morgan fingerprint density at radius 1 is 1.11 bits per heavy atom. The largest absolute Gasteiger partial charge is 0.367 e. The van der Waals surface area contributed by atoms with Gasteiger partial charge in [0, 0.05) is 6.04 Å². The molecule has 18 heavy (non-hydrogen) atoms. The quantitative estimate of drug-likeness (QED) is 0.839. The topological polar surface area (TPSA) is 24.9 Å². The Labute approximate surface area is 105 Å². The number of nitrogens with one attached hydrogen (secondary N) is 1. The van der Waals surface area contributed by atoms with Gasteiger partial charge in [0.05, 0.1) is 0 Å². The summed E-state index contributed by atoms with van der Waals surface area (Å²) in [5.74, 6) is -0.246. The lowest BCUT2D eigenvalue weighted by Crippen LogP contribution is -2.19. The number of anilines is 1. The van der Waals surface area contributed by atoms with Crippen LogP contribution in [0.1, 0.15) is 12.5 Å². The van der Waals surface area contributed by atoms with Crippen LogP contribution < -0.4 is 5.32 Å². The first-order valence-corrected chi connectivity index (χ1v) is 5.77. The molecule has 0 aliphatic heterocycles. The van der Waals surface area contributed by atoms with E-state index >= 15 is 0 Å². The van der Waals surface area contributed by atoms with Gasteiger partial charge in [-0.25, -0.2) is 9.37 Å². The maximum absolute atomic E-state index is 12.9. The summed E-state index contributed by atoms with van der Waals surface area (Å²) in [6.45, 7) is 1.97. The summed E-state index contributed by atoms with van der Waals surface area (Å²) in [7, 11) is 0. The van der Waals surface area contributed by atoms with Gasteiger partial charge in [-0.05, 0) is 43.2 Å². The van der Waals surface area contributed by atoms with E-state index in [0.717, 1.165) is 12.0 Å². The van der Waals surface area contributed by atoms with Crippen LogP contribution in [-0.2, 0) is 6.42 Å². The molecule has 0 fully saturated rings. The average Bonchev–Trinajstić information content (AvgIpc) is 2.32. The summed E-state index contributed by atoms with van der Waals surface area (Å²) in [5.41, 5.74) is 1.02. The van der Waals surface area contributed by atoms with Gasteiger partial charge in [-0.3, -0.25) is 0 Å². The van der Waals surface area contributed by atoms with Crippen molar-refractivity contribution in [3.8, 4) is 0 Å². The van der Waals surface area contributed by atoms with Crippen molar-refractivity contribution >= 4 is 5.82 Å². The summed E-state index contributed by atoms with van der Waals surface area (Å²) < 4.78 is 25.6. The van der Waals surface area contributed by atoms with E-state index in [0.29, 0.717) is 5.82 Å². The molecule has 1 N–H and O–H groups in total. The second-order valence-corrected chi connectivity index (χ2v) is 4.22. The fraction of sp³-hybridized carbons (Fsp3) is 0.214. The van der Waals surface area contributed by atoms with Crippen molar-refractivity contribution in [1.82, 2.24) is 4.98 Å². The molecule has 1 unspecified atom stereocenters. The monoisotopic (exact) mass is 248 g/mol. The van der Waals surface area contributed by atoms with Crippen LogP contribution in [-0.4, -0.2) is 11.0 Å². The van der Waals surface area contributed by atoms with Crippen LogP contribution in [0.15, 0.2) is 42.5 Å². The molecular weight excluding hydrogens is 234 g/mol. The van der Waals surface area contributed by atoms with E-state index in [9.17, 15) is 8.78 Å². The number of aromatic nitrogens is 1. The average molecular weight is 248 g/mol. The Bertz CT molecular complexity index is 511. The van der Waals surface area contributed by atoms with E-state index in [-0.39, 0.29) is 11.9 Å². The minimum atomic E-state index is -0.506. The van der Waals surface area contributed by atoms with Crippen molar-refractivity contribution in [3.05, 3.63) is 59.8 Å². The second-order valence-electron chi connectivity index (χ2n) is 4.22. The lowest BCUT2D eigenvalue weighted by atomic mass is 10.1. The van der Waals surface area contributed by atoms with Crippen molar-refractivity contribution < 1.29 is 8.78 Å². The minimum Gasteiger partial charge on any atom is -0.367 e. The Kier molecular flexibility index (Phi) is 3.87. The van der Waals surface area contributed by atoms with Crippen LogP contribution in [0.25, 0.3) is 0 Å². The summed E-state index contributed by atoms with van der Waals surface area (Å²) >= 11 is 0. The third-order valence-corrected chi connectivity index (χ3v) is 2.56. The smallest absolute Gasteiger partial charge is 0.214 e. The summed E-state index contributed by atoms with van der Waals surface area (Å²) in [6, 6.07) is 11.1. The molecule has 0 aliphatic rings. The van der Waals surface area contributed by atoms with Gasteiger partial charge < -0.3 is 5.32 Å². The highest BCUT2D eigenvalue weighted by molar-refractivity contribution is 5.35. The molecule has 0 saturated carbocycles. The van der Waals surface area contributed by atoms with Gasteiger partial charge >= 0.3 is 0 Å². The highest BCUT2D eigenvalue weighted by Gasteiger charge is 2.05. The van der Waals surface area contributed by atoms with E-state index in [1.54, 1.807) is 24.3 Å². The Balaban J connectivity index is 1.96. The molecule has 1 aromatic carbocycles. The zero-order valence-corrected chi connectivity index (χ0v) is 10.0. The van der Waals surface area contributed by atoms with Crippen LogP contribution in [0.4, 0.5) is 14.6 Å². The van der Waals surface area contributed by atoms with Crippen molar-refractivity contribution in [2.45, 2.75) is 19.4 Å². The number of nitrogens with zero attached hydrogens (tertiary/aromatic N) is 1. The van der Waals surface area contributed by atoms with Gasteiger partial charge in [0.25, 0.3) is 0 Å². The van der Waals surface area contributed by atoms with E-state index in [2.05, 4.69) is 10.3 Å². The number of pyridine rings is 1. The molecule has 2 nitrogen and oxygen atoms in total. The Morgan fingerprint density at radius 2 is 1.83 bits per heavy atom. The number of rotatable bonds is 4. The first-order valence-electron chi connectivity index (χ1n) is 5.77. The van der Waals surface area contributed by atoms with Gasteiger partial charge in [0.2, 0.25) is 5.95 Å². The van der Waals surface area contributed by atoms with Gasteiger partial charge in [0.15, 0.2) is 0 Å². The molecule has 2 aromatic rings. The number of halogens is 2. The van der Waals surface area contributed by atoms with E-state index in [1.165, 1.54) is 18.2 Å². The molecule has 2 rings (SSSR count). The zero-order chi connectivity index (χ0) is 13.0. The predicted molar refractivity (Wildman–Crippen MR) is 67.4 cm³/mol. The van der Waals surface area contributed by atoms with Crippen LogP contribution in [0.2, 0.25) is 0 Å².